The first-order chi connectivity index (χ1) is 9.09. The van der Waals surface area contributed by atoms with Crippen molar-refractivity contribution in [1.29, 1.82) is 0 Å². The maximum absolute atomic E-state index is 4.81. The summed E-state index contributed by atoms with van der Waals surface area (Å²) in [5.41, 5.74) is 3.03. The van der Waals surface area contributed by atoms with Crippen LogP contribution in [0.3, 0.4) is 0 Å². The van der Waals surface area contributed by atoms with Gasteiger partial charge in [0.05, 0.1) is 0 Å². The van der Waals surface area contributed by atoms with Crippen LogP contribution in [0.1, 0.15) is 29.9 Å². The van der Waals surface area contributed by atoms with Crippen LogP contribution in [-0.2, 0) is 6.42 Å². The Hall–Kier alpha value is -0.780. The van der Waals surface area contributed by atoms with Gasteiger partial charge < -0.3 is 9.80 Å². The summed E-state index contributed by atoms with van der Waals surface area (Å²) in [5, 5.41) is 0. The molecule has 112 valence electrons. The van der Waals surface area contributed by atoms with Crippen molar-refractivity contribution in [3.05, 3.63) is 35.4 Å². The first-order valence-electron chi connectivity index (χ1n) is 7.06. The molecule has 1 atom stereocenters. The Morgan fingerprint density at radius 1 is 1.15 bits per heavy atom. The van der Waals surface area contributed by atoms with Gasteiger partial charge in [0, 0.05) is 40.7 Å². The molecule has 1 aliphatic carbocycles. The van der Waals surface area contributed by atoms with Crippen LogP contribution in [0.4, 0.5) is 0 Å². The van der Waals surface area contributed by atoms with Gasteiger partial charge in [-0.2, -0.15) is 0 Å². The molecule has 0 spiro atoms. The number of fused-ring (bicyclic) bond motifs is 1. The van der Waals surface area contributed by atoms with E-state index in [1.54, 1.807) is 0 Å². The minimum absolute atomic E-state index is 0. The number of guanidine groups is 1. The van der Waals surface area contributed by atoms with Gasteiger partial charge in [-0.25, -0.2) is 0 Å². The van der Waals surface area contributed by atoms with Gasteiger partial charge in [0.15, 0.2) is 5.96 Å². The first-order valence-corrected chi connectivity index (χ1v) is 7.06. The summed E-state index contributed by atoms with van der Waals surface area (Å²) < 4.78 is 0. The Labute approximate surface area is 140 Å². The second kappa shape index (κ2) is 7.86. The van der Waals surface area contributed by atoms with Crippen molar-refractivity contribution in [2.75, 3.05) is 34.7 Å². The fourth-order valence-corrected chi connectivity index (χ4v) is 2.92. The monoisotopic (exact) mass is 387 g/mol. The maximum Gasteiger partial charge on any atom is 0.195 e. The number of aryl methyl sites for hydroxylation is 1. The van der Waals surface area contributed by atoms with E-state index in [0.717, 1.165) is 12.5 Å². The molecule has 0 aromatic heterocycles. The lowest BCUT2D eigenvalue weighted by molar-refractivity contribution is 0.472. The number of nitrogens with zero attached hydrogens (tertiary/aromatic N) is 3. The summed E-state index contributed by atoms with van der Waals surface area (Å²) in [6.45, 7) is 0.892. The van der Waals surface area contributed by atoms with Gasteiger partial charge in [-0.15, -0.1) is 24.0 Å². The molecule has 0 amide bonds. The van der Waals surface area contributed by atoms with Gasteiger partial charge >= 0.3 is 0 Å². The first kappa shape index (κ1) is 17.3. The Morgan fingerprint density at radius 3 is 2.45 bits per heavy atom. The predicted molar refractivity (Wildman–Crippen MR) is 97.2 cm³/mol. The van der Waals surface area contributed by atoms with Crippen LogP contribution < -0.4 is 0 Å². The number of benzene rings is 1. The van der Waals surface area contributed by atoms with Crippen molar-refractivity contribution >= 4 is 29.9 Å². The molecule has 0 radical (unpaired) electrons. The average molecular weight is 387 g/mol. The quantitative estimate of drug-likeness (QED) is 0.441. The fourth-order valence-electron chi connectivity index (χ4n) is 2.92. The van der Waals surface area contributed by atoms with Crippen LogP contribution >= 0.6 is 24.0 Å². The van der Waals surface area contributed by atoms with E-state index in [-0.39, 0.29) is 24.0 Å². The summed E-state index contributed by atoms with van der Waals surface area (Å²) in [6.07, 6.45) is 3.77. The van der Waals surface area contributed by atoms with Crippen LogP contribution in [0.25, 0.3) is 0 Å². The molecule has 1 aromatic carbocycles. The molecular weight excluding hydrogens is 361 g/mol. The molecule has 20 heavy (non-hydrogen) atoms. The topological polar surface area (TPSA) is 18.8 Å². The molecular formula is C16H26IN3. The molecule has 0 heterocycles. The Morgan fingerprint density at radius 2 is 1.80 bits per heavy atom. The molecule has 1 unspecified atom stereocenters. The fraction of sp³-hybridized carbons (Fsp3) is 0.562. The minimum Gasteiger partial charge on any atom is -0.349 e. The minimum atomic E-state index is 0. The number of hydrogen-bond donors (Lipinski definition) is 0. The van der Waals surface area contributed by atoms with Crippen LogP contribution in [0.15, 0.2) is 29.3 Å². The van der Waals surface area contributed by atoms with Gasteiger partial charge in [0.1, 0.15) is 0 Å². The second-order valence-corrected chi connectivity index (χ2v) is 5.72. The molecule has 0 saturated heterocycles. The number of rotatable bonds is 2. The van der Waals surface area contributed by atoms with Crippen molar-refractivity contribution < 1.29 is 0 Å². The lowest BCUT2D eigenvalue weighted by Gasteiger charge is -2.27. The largest absolute Gasteiger partial charge is 0.349 e. The molecule has 1 aliphatic rings. The Kier molecular flexibility index (Phi) is 6.79. The SMILES string of the molecule is CN(C)C(=NCC1CCCc2ccccc21)N(C)C.I. The Balaban J connectivity index is 0.00000200. The highest BCUT2D eigenvalue weighted by Crippen LogP contribution is 2.31. The normalized spacial score (nSPS) is 16.7. The molecule has 0 N–H and O–H groups in total. The lowest BCUT2D eigenvalue weighted by Crippen LogP contribution is -2.35. The van der Waals surface area contributed by atoms with Gasteiger partial charge in [0.25, 0.3) is 0 Å². The smallest absolute Gasteiger partial charge is 0.195 e. The third kappa shape index (κ3) is 4.11. The zero-order valence-electron chi connectivity index (χ0n) is 13.0. The Bertz CT molecular complexity index is 445. The van der Waals surface area contributed by atoms with Crippen LogP contribution in [0.2, 0.25) is 0 Å². The second-order valence-electron chi connectivity index (χ2n) is 5.72. The number of hydrogen-bond acceptors (Lipinski definition) is 1. The van der Waals surface area contributed by atoms with E-state index in [1.165, 1.54) is 30.4 Å². The standard InChI is InChI=1S/C16H25N3.HI/c1-18(2)16(19(3)4)17-12-14-10-7-9-13-8-5-6-11-15(13)14;/h5-6,8,11,14H,7,9-10,12H2,1-4H3;1H. The summed E-state index contributed by atoms with van der Waals surface area (Å²) in [5.74, 6) is 1.63. The zero-order valence-corrected chi connectivity index (χ0v) is 15.3. The predicted octanol–water partition coefficient (Wildman–Crippen LogP) is 3.20. The van der Waals surface area contributed by atoms with E-state index < -0.39 is 0 Å². The number of aliphatic imine (C=N–C) groups is 1. The van der Waals surface area contributed by atoms with E-state index in [0.29, 0.717) is 5.92 Å². The highest BCUT2D eigenvalue weighted by atomic mass is 127. The highest BCUT2D eigenvalue weighted by molar-refractivity contribution is 14.0. The van der Waals surface area contributed by atoms with Crippen molar-refractivity contribution in [2.24, 2.45) is 4.99 Å². The van der Waals surface area contributed by atoms with E-state index in [4.69, 9.17) is 4.99 Å². The average Bonchev–Trinajstić information content (AvgIpc) is 2.38. The summed E-state index contributed by atoms with van der Waals surface area (Å²) in [4.78, 5) is 8.97. The molecule has 1 aromatic rings. The van der Waals surface area contributed by atoms with Gasteiger partial charge in [-0.1, -0.05) is 24.3 Å². The third-order valence-electron chi connectivity index (χ3n) is 3.75. The van der Waals surface area contributed by atoms with Crippen molar-refractivity contribution in [3.8, 4) is 0 Å². The van der Waals surface area contributed by atoms with E-state index in [9.17, 15) is 0 Å². The molecule has 4 heteroatoms. The van der Waals surface area contributed by atoms with Gasteiger partial charge in [-0.3, -0.25) is 4.99 Å². The molecule has 0 fully saturated rings. The van der Waals surface area contributed by atoms with E-state index in [1.807, 2.05) is 28.2 Å². The third-order valence-corrected chi connectivity index (χ3v) is 3.75. The van der Waals surface area contributed by atoms with E-state index in [2.05, 4.69) is 34.1 Å². The zero-order chi connectivity index (χ0) is 13.8. The molecule has 0 bridgehead atoms. The van der Waals surface area contributed by atoms with Gasteiger partial charge in [-0.05, 0) is 30.4 Å². The van der Waals surface area contributed by atoms with Crippen LogP contribution in [-0.4, -0.2) is 50.5 Å². The molecule has 3 nitrogen and oxygen atoms in total. The summed E-state index contributed by atoms with van der Waals surface area (Å²) in [6, 6.07) is 8.85. The van der Waals surface area contributed by atoms with Crippen LogP contribution in [0.5, 0.6) is 0 Å². The lowest BCUT2D eigenvalue weighted by atomic mass is 9.83. The van der Waals surface area contributed by atoms with Crippen molar-refractivity contribution in [2.45, 2.75) is 25.2 Å². The van der Waals surface area contributed by atoms with E-state index >= 15 is 0 Å². The molecule has 0 saturated carbocycles. The summed E-state index contributed by atoms with van der Waals surface area (Å²) in [7, 11) is 8.20. The summed E-state index contributed by atoms with van der Waals surface area (Å²) >= 11 is 0. The van der Waals surface area contributed by atoms with Gasteiger partial charge in [0.2, 0.25) is 0 Å². The van der Waals surface area contributed by atoms with Crippen molar-refractivity contribution in [1.82, 2.24) is 9.80 Å². The molecule has 2 rings (SSSR count). The number of halogens is 1. The highest BCUT2D eigenvalue weighted by Gasteiger charge is 2.19. The van der Waals surface area contributed by atoms with Crippen LogP contribution in [0, 0.1) is 0 Å². The molecule has 0 aliphatic heterocycles. The maximum atomic E-state index is 4.81. The van der Waals surface area contributed by atoms with Crippen molar-refractivity contribution in [3.63, 3.8) is 0 Å².